The third-order valence-electron chi connectivity index (χ3n) is 4.01. The summed E-state index contributed by atoms with van der Waals surface area (Å²) in [5.41, 5.74) is 4.83. The molecule has 3 aromatic carbocycles. The van der Waals surface area contributed by atoms with Crippen molar-refractivity contribution >= 4 is 24.5 Å². The van der Waals surface area contributed by atoms with Gasteiger partial charge in [0.1, 0.15) is 0 Å². The zero-order valence-corrected chi connectivity index (χ0v) is 16.4. The molecule has 0 saturated heterocycles. The molecular weight excluding hydrogens is 412 g/mol. The fourth-order valence-electron chi connectivity index (χ4n) is 2.92. The van der Waals surface area contributed by atoms with Crippen molar-refractivity contribution < 1.29 is 9.47 Å². The Balaban J connectivity index is 2.24. The molecular formula is C21H20O2Te. The van der Waals surface area contributed by atoms with E-state index in [0.29, 0.717) is 0 Å². The van der Waals surface area contributed by atoms with E-state index in [2.05, 4.69) is 47.4 Å². The number of para-hydroxylation sites is 2. The first-order chi connectivity index (χ1) is 11.8. The fraction of sp³-hybridized carbons (Fsp3) is 0.143. The number of hydrogen-bond acceptors (Lipinski definition) is 2. The summed E-state index contributed by atoms with van der Waals surface area (Å²) in [5.74, 6) is 1.83. The van der Waals surface area contributed by atoms with Gasteiger partial charge in [-0.1, -0.05) is 0 Å². The van der Waals surface area contributed by atoms with E-state index in [1.165, 1.54) is 14.7 Å². The van der Waals surface area contributed by atoms with E-state index in [4.69, 9.17) is 9.47 Å². The molecule has 3 rings (SSSR count). The monoisotopic (exact) mass is 434 g/mol. The number of rotatable bonds is 5. The SMILES string of the molecule is COc1ccccc1-c1cccc(-c2ccccc2OC)c1[Te]C. The van der Waals surface area contributed by atoms with Crippen LogP contribution in [0.3, 0.4) is 0 Å². The van der Waals surface area contributed by atoms with Crippen LogP contribution in [0.1, 0.15) is 0 Å². The van der Waals surface area contributed by atoms with E-state index in [9.17, 15) is 0 Å². The van der Waals surface area contributed by atoms with Crippen LogP contribution in [0.2, 0.25) is 4.97 Å². The van der Waals surface area contributed by atoms with Crippen molar-refractivity contribution in [2.45, 2.75) is 4.97 Å². The second-order valence-corrected chi connectivity index (χ2v) is 7.62. The van der Waals surface area contributed by atoms with E-state index in [1.54, 1.807) is 14.2 Å². The Kier molecular flexibility index (Phi) is 5.45. The quantitative estimate of drug-likeness (QED) is 0.557. The minimum atomic E-state index is -0.327. The van der Waals surface area contributed by atoms with Gasteiger partial charge in [0.2, 0.25) is 0 Å². The van der Waals surface area contributed by atoms with Gasteiger partial charge in [-0.05, 0) is 0 Å². The van der Waals surface area contributed by atoms with Gasteiger partial charge in [0.05, 0.1) is 0 Å². The Morgan fingerprint density at radius 3 is 1.42 bits per heavy atom. The zero-order chi connectivity index (χ0) is 16.9. The molecule has 0 fully saturated rings. The summed E-state index contributed by atoms with van der Waals surface area (Å²) in [5, 5.41) is 0. The molecule has 0 aromatic heterocycles. The van der Waals surface area contributed by atoms with Crippen LogP contribution >= 0.6 is 0 Å². The molecule has 2 nitrogen and oxygen atoms in total. The van der Waals surface area contributed by atoms with Gasteiger partial charge in [0.25, 0.3) is 0 Å². The molecule has 0 aliphatic rings. The molecule has 122 valence electrons. The third kappa shape index (κ3) is 3.15. The van der Waals surface area contributed by atoms with E-state index >= 15 is 0 Å². The summed E-state index contributed by atoms with van der Waals surface area (Å²) < 4.78 is 12.6. The van der Waals surface area contributed by atoms with Crippen LogP contribution in [0, 0.1) is 0 Å². The summed E-state index contributed by atoms with van der Waals surface area (Å²) in [6.07, 6.45) is 0. The Morgan fingerprint density at radius 1 is 0.583 bits per heavy atom. The van der Waals surface area contributed by atoms with Crippen LogP contribution in [-0.4, -0.2) is 35.1 Å². The van der Waals surface area contributed by atoms with Crippen LogP contribution < -0.4 is 13.1 Å². The van der Waals surface area contributed by atoms with Crippen LogP contribution in [0.5, 0.6) is 11.5 Å². The first-order valence-electron chi connectivity index (χ1n) is 7.74. The number of benzene rings is 3. The second kappa shape index (κ2) is 7.75. The van der Waals surface area contributed by atoms with E-state index in [1.807, 2.05) is 24.3 Å². The van der Waals surface area contributed by atoms with Crippen LogP contribution in [0.4, 0.5) is 0 Å². The summed E-state index contributed by atoms with van der Waals surface area (Å²) in [6, 6.07) is 23.0. The number of hydrogen-bond donors (Lipinski definition) is 0. The summed E-state index contributed by atoms with van der Waals surface area (Å²) in [4.78, 5) is 2.32. The van der Waals surface area contributed by atoms with Crippen molar-refractivity contribution in [1.82, 2.24) is 0 Å². The predicted molar refractivity (Wildman–Crippen MR) is 102 cm³/mol. The normalized spacial score (nSPS) is 10.5. The molecule has 0 heterocycles. The molecule has 0 aliphatic heterocycles. The molecule has 0 aliphatic carbocycles. The van der Waals surface area contributed by atoms with Crippen molar-refractivity contribution in [3.05, 3.63) is 66.7 Å². The maximum absolute atomic E-state index is 5.58. The summed E-state index contributed by atoms with van der Waals surface area (Å²) in [6.45, 7) is 0. The van der Waals surface area contributed by atoms with Crippen molar-refractivity contribution in [3.63, 3.8) is 0 Å². The maximum atomic E-state index is 5.58. The molecule has 0 atom stereocenters. The molecule has 0 spiro atoms. The van der Waals surface area contributed by atoms with Crippen LogP contribution in [0.15, 0.2) is 66.7 Å². The summed E-state index contributed by atoms with van der Waals surface area (Å²) in [7, 11) is 3.45. The average Bonchev–Trinajstić information content (AvgIpc) is 2.67. The van der Waals surface area contributed by atoms with Crippen molar-refractivity contribution in [2.24, 2.45) is 0 Å². The Morgan fingerprint density at radius 2 is 1.00 bits per heavy atom. The Bertz CT molecular complexity index is 777. The van der Waals surface area contributed by atoms with Gasteiger partial charge in [-0.15, -0.1) is 0 Å². The van der Waals surface area contributed by atoms with Gasteiger partial charge in [-0.3, -0.25) is 0 Å². The first kappa shape index (κ1) is 16.9. The molecule has 0 radical (unpaired) electrons. The molecule has 3 aromatic rings. The van der Waals surface area contributed by atoms with E-state index in [0.717, 1.165) is 22.6 Å². The molecule has 24 heavy (non-hydrogen) atoms. The van der Waals surface area contributed by atoms with Crippen LogP contribution in [-0.2, 0) is 0 Å². The summed E-state index contributed by atoms with van der Waals surface area (Å²) >= 11 is -0.327. The van der Waals surface area contributed by atoms with Gasteiger partial charge in [-0.25, -0.2) is 0 Å². The van der Waals surface area contributed by atoms with Crippen molar-refractivity contribution in [2.75, 3.05) is 14.2 Å². The van der Waals surface area contributed by atoms with Crippen molar-refractivity contribution in [3.8, 4) is 33.8 Å². The average molecular weight is 432 g/mol. The van der Waals surface area contributed by atoms with Crippen LogP contribution in [0.25, 0.3) is 22.3 Å². The van der Waals surface area contributed by atoms with Gasteiger partial charge >= 0.3 is 154 Å². The molecule has 0 N–H and O–H groups in total. The van der Waals surface area contributed by atoms with E-state index in [-0.39, 0.29) is 20.9 Å². The van der Waals surface area contributed by atoms with Gasteiger partial charge in [0, 0.05) is 0 Å². The molecule has 0 unspecified atom stereocenters. The standard InChI is InChI=1S/C21H20O2Te/c1-22-19-13-6-4-9-15(19)17-11-8-12-18(21(17)24-3)16-10-5-7-14-20(16)23-2/h4-14H,1-3H3. The van der Waals surface area contributed by atoms with E-state index < -0.39 is 0 Å². The fourth-order valence-corrected chi connectivity index (χ4v) is 5.19. The van der Waals surface area contributed by atoms with Gasteiger partial charge < -0.3 is 0 Å². The number of ether oxygens (including phenoxy) is 2. The van der Waals surface area contributed by atoms with Crippen molar-refractivity contribution in [1.29, 1.82) is 0 Å². The Hall–Kier alpha value is -1.95. The molecule has 0 saturated carbocycles. The number of methoxy groups -OCH3 is 2. The van der Waals surface area contributed by atoms with Gasteiger partial charge in [0.15, 0.2) is 0 Å². The second-order valence-electron chi connectivity index (χ2n) is 5.29. The third-order valence-corrected chi connectivity index (χ3v) is 6.43. The minimum absolute atomic E-state index is 0.327. The predicted octanol–water partition coefficient (Wildman–Crippen LogP) is 4.42. The molecule has 0 amide bonds. The van der Waals surface area contributed by atoms with Gasteiger partial charge in [-0.2, -0.15) is 0 Å². The first-order valence-corrected chi connectivity index (χ1v) is 11.2. The molecule has 0 bridgehead atoms. The Labute approximate surface area is 153 Å². The topological polar surface area (TPSA) is 18.5 Å². The molecule has 3 heteroatoms. The zero-order valence-electron chi connectivity index (χ0n) is 14.1.